The molecule has 35 heavy (non-hydrogen) atoms. The number of rotatable bonds is 9. The molecule has 2 nitrogen and oxygen atoms in total. The Hall–Kier alpha value is -3.52. The molecule has 0 spiro atoms. The standard InChI is InChI=1S/C33H38N2/c1-4-5-6-33(29-11-7-25(8-12-29)23(2)27-15-19-31(34)20-16-27)30-13-9-26(10-14-30)24(3)28-17-21-32(35)22-18-28/h7-24,33H,4-6,34-35H2,1-3H3. The summed E-state index contributed by atoms with van der Waals surface area (Å²) in [5, 5.41) is 0. The third kappa shape index (κ3) is 5.95. The first-order valence-corrected chi connectivity index (χ1v) is 12.9. The Morgan fingerprint density at radius 2 is 0.771 bits per heavy atom. The number of hydrogen-bond donors (Lipinski definition) is 2. The van der Waals surface area contributed by atoms with Crippen molar-refractivity contribution in [3.05, 3.63) is 130 Å². The zero-order valence-corrected chi connectivity index (χ0v) is 21.2. The van der Waals surface area contributed by atoms with Crippen LogP contribution in [-0.2, 0) is 0 Å². The Labute approximate surface area is 211 Å². The molecular formula is C33H38N2. The fourth-order valence-electron chi connectivity index (χ4n) is 4.92. The summed E-state index contributed by atoms with van der Waals surface area (Å²) in [6.45, 7) is 6.79. The lowest BCUT2D eigenvalue weighted by Crippen LogP contribution is -2.04. The number of benzene rings is 4. The van der Waals surface area contributed by atoms with Crippen molar-refractivity contribution >= 4 is 11.4 Å². The maximum Gasteiger partial charge on any atom is 0.0314 e. The molecule has 0 fully saturated rings. The van der Waals surface area contributed by atoms with Crippen molar-refractivity contribution in [2.24, 2.45) is 0 Å². The van der Waals surface area contributed by atoms with Crippen LogP contribution in [0.1, 0.15) is 91.2 Å². The molecule has 0 amide bonds. The third-order valence-electron chi connectivity index (χ3n) is 7.40. The lowest BCUT2D eigenvalue weighted by molar-refractivity contribution is 0.649. The van der Waals surface area contributed by atoms with Crippen molar-refractivity contribution < 1.29 is 0 Å². The molecule has 2 atom stereocenters. The summed E-state index contributed by atoms with van der Waals surface area (Å²) >= 11 is 0. The van der Waals surface area contributed by atoms with E-state index in [0.717, 1.165) is 17.8 Å². The van der Waals surface area contributed by atoms with Gasteiger partial charge in [-0.05, 0) is 64.1 Å². The van der Waals surface area contributed by atoms with E-state index in [2.05, 4.69) is 93.6 Å². The van der Waals surface area contributed by atoms with E-state index in [-0.39, 0.29) is 0 Å². The highest BCUT2D eigenvalue weighted by Gasteiger charge is 2.16. The molecular weight excluding hydrogens is 424 g/mol. The van der Waals surface area contributed by atoms with Crippen LogP contribution in [0.4, 0.5) is 11.4 Å². The van der Waals surface area contributed by atoms with E-state index in [0.29, 0.717) is 17.8 Å². The van der Waals surface area contributed by atoms with Crippen molar-refractivity contribution in [2.75, 3.05) is 11.5 Å². The first kappa shape index (κ1) is 24.6. The van der Waals surface area contributed by atoms with Crippen LogP contribution in [0.15, 0.2) is 97.1 Å². The molecule has 4 rings (SSSR count). The van der Waals surface area contributed by atoms with Gasteiger partial charge in [-0.3, -0.25) is 0 Å². The molecule has 0 aliphatic rings. The van der Waals surface area contributed by atoms with Crippen LogP contribution >= 0.6 is 0 Å². The fraction of sp³-hybridized carbons (Fsp3) is 0.273. The van der Waals surface area contributed by atoms with Gasteiger partial charge in [0.15, 0.2) is 0 Å². The summed E-state index contributed by atoms with van der Waals surface area (Å²) in [4.78, 5) is 0. The van der Waals surface area contributed by atoms with Crippen LogP contribution < -0.4 is 11.5 Å². The molecule has 0 bridgehead atoms. The Morgan fingerprint density at radius 1 is 0.486 bits per heavy atom. The summed E-state index contributed by atoms with van der Waals surface area (Å²) in [5.74, 6) is 1.09. The molecule has 0 saturated carbocycles. The Morgan fingerprint density at radius 3 is 1.09 bits per heavy atom. The molecule has 0 aliphatic heterocycles. The van der Waals surface area contributed by atoms with Crippen LogP contribution in [0.25, 0.3) is 0 Å². The van der Waals surface area contributed by atoms with Crippen molar-refractivity contribution in [1.29, 1.82) is 0 Å². The Bertz CT molecular complexity index is 1100. The van der Waals surface area contributed by atoms with E-state index in [1.54, 1.807) is 0 Å². The summed E-state index contributed by atoms with van der Waals surface area (Å²) in [6.07, 6.45) is 3.59. The zero-order valence-electron chi connectivity index (χ0n) is 21.2. The average molecular weight is 463 g/mol. The topological polar surface area (TPSA) is 52.0 Å². The van der Waals surface area contributed by atoms with Crippen LogP contribution in [0.5, 0.6) is 0 Å². The third-order valence-corrected chi connectivity index (χ3v) is 7.40. The van der Waals surface area contributed by atoms with E-state index < -0.39 is 0 Å². The minimum Gasteiger partial charge on any atom is -0.399 e. The van der Waals surface area contributed by atoms with Crippen molar-refractivity contribution in [3.63, 3.8) is 0 Å². The summed E-state index contributed by atoms with van der Waals surface area (Å²) in [7, 11) is 0. The van der Waals surface area contributed by atoms with Gasteiger partial charge >= 0.3 is 0 Å². The summed E-state index contributed by atoms with van der Waals surface area (Å²) in [6, 6.07) is 35.0. The van der Waals surface area contributed by atoms with Gasteiger partial charge in [0, 0.05) is 29.1 Å². The van der Waals surface area contributed by atoms with Gasteiger partial charge in [-0.2, -0.15) is 0 Å². The number of anilines is 2. The first-order chi connectivity index (χ1) is 17.0. The number of unbranched alkanes of at least 4 members (excludes halogenated alkanes) is 1. The highest BCUT2D eigenvalue weighted by molar-refractivity contribution is 5.45. The Kier molecular flexibility index (Phi) is 7.92. The molecule has 0 aromatic heterocycles. The van der Waals surface area contributed by atoms with Crippen molar-refractivity contribution in [1.82, 2.24) is 0 Å². The molecule has 2 unspecified atom stereocenters. The van der Waals surface area contributed by atoms with Crippen LogP contribution in [0.3, 0.4) is 0 Å². The second-order valence-electron chi connectivity index (χ2n) is 9.80. The van der Waals surface area contributed by atoms with Crippen LogP contribution in [0.2, 0.25) is 0 Å². The summed E-state index contributed by atoms with van der Waals surface area (Å²) in [5.41, 5.74) is 21.4. The van der Waals surface area contributed by atoms with E-state index in [4.69, 9.17) is 11.5 Å². The van der Waals surface area contributed by atoms with Gasteiger partial charge in [-0.15, -0.1) is 0 Å². The van der Waals surface area contributed by atoms with Gasteiger partial charge in [0.2, 0.25) is 0 Å². The summed E-state index contributed by atoms with van der Waals surface area (Å²) < 4.78 is 0. The van der Waals surface area contributed by atoms with Gasteiger partial charge < -0.3 is 11.5 Å². The molecule has 0 heterocycles. The molecule has 2 heteroatoms. The van der Waals surface area contributed by atoms with E-state index >= 15 is 0 Å². The predicted octanol–water partition coefficient (Wildman–Crippen LogP) is 8.48. The molecule has 0 radical (unpaired) electrons. The first-order valence-electron chi connectivity index (χ1n) is 12.9. The lowest BCUT2D eigenvalue weighted by atomic mass is 9.84. The molecule has 180 valence electrons. The molecule has 0 saturated heterocycles. The smallest absolute Gasteiger partial charge is 0.0314 e. The average Bonchev–Trinajstić information content (AvgIpc) is 2.90. The van der Waals surface area contributed by atoms with Crippen molar-refractivity contribution in [3.8, 4) is 0 Å². The van der Waals surface area contributed by atoms with E-state index in [1.165, 1.54) is 46.2 Å². The zero-order chi connectivity index (χ0) is 24.8. The van der Waals surface area contributed by atoms with Crippen LogP contribution in [0, 0.1) is 0 Å². The largest absolute Gasteiger partial charge is 0.399 e. The molecule has 4 N–H and O–H groups in total. The molecule has 4 aromatic rings. The second kappa shape index (κ2) is 11.3. The lowest BCUT2D eigenvalue weighted by Gasteiger charge is -2.21. The van der Waals surface area contributed by atoms with Gasteiger partial charge in [0.05, 0.1) is 0 Å². The minimum atomic E-state index is 0.341. The highest BCUT2D eigenvalue weighted by atomic mass is 14.5. The molecule has 0 aliphatic carbocycles. The van der Waals surface area contributed by atoms with Crippen LogP contribution in [-0.4, -0.2) is 0 Å². The monoisotopic (exact) mass is 462 g/mol. The SMILES string of the molecule is CCCCC(c1ccc(C(C)c2ccc(N)cc2)cc1)c1ccc(C(C)c2ccc(N)cc2)cc1. The second-order valence-corrected chi connectivity index (χ2v) is 9.80. The minimum absolute atomic E-state index is 0.341. The predicted molar refractivity (Wildman–Crippen MR) is 151 cm³/mol. The van der Waals surface area contributed by atoms with Gasteiger partial charge in [-0.1, -0.05) is 106 Å². The van der Waals surface area contributed by atoms with Gasteiger partial charge in [0.25, 0.3) is 0 Å². The van der Waals surface area contributed by atoms with E-state index in [9.17, 15) is 0 Å². The maximum atomic E-state index is 5.87. The normalized spacial score (nSPS) is 13.8. The number of nitrogen functional groups attached to an aromatic ring is 2. The van der Waals surface area contributed by atoms with E-state index in [1.807, 2.05) is 24.3 Å². The van der Waals surface area contributed by atoms with Gasteiger partial charge in [0.1, 0.15) is 0 Å². The van der Waals surface area contributed by atoms with Gasteiger partial charge in [-0.25, -0.2) is 0 Å². The number of hydrogen-bond acceptors (Lipinski definition) is 2. The quantitative estimate of drug-likeness (QED) is 0.245. The highest BCUT2D eigenvalue weighted by Crippen LogP contribution is 2.34. The maximum absolute atomic E-state index is 5.87. The Balaban J connectivity index is 1.54. The molecule has 4 aromatic carbocycles. The number of nitrogens with two attached hydrogens (primary N) is 2. The van der Waals surface area contributed by atoms with Crippen molar-refractivity contribution in [2.45, 2.75) is 57.8 Å². The fourth-order valence-corrected chi connectivity index (χ4v) is 4.92.